The summed E-state index contributed by atoms with van der Waals surface area (Å²) in [7, 11) is 0. The molecule has 0 aliphatic carbocycles. The molecule has 2 saturated heterocycles. The maximum atomic E-state index is 10.5. The van der Waals surface area contributed by atoms with Gasteiger partial charge in [-0.1, -0.05) is 0 Å². The van der Waals surface area contributed by atoms with Gasteiger partial charge in [-0.3, -0.25) is 0 Å². The van der Waals surface area contributed by atoms with Crippen LogP contribution in [0.25, 0.3) is 0 Å². The van der Waals surface area contributed by atoms with Crippen molar-refractivity contribution in [3.05, 3.63) is 28.4 Å². The van der Waals surface area contributed by atoms with Crippen LogP contribution < -0.4 is 4.90 Å². The van der Waals surface area contributed by atoms with Gasteiger partial charge in [0.2, 0.25) is 0 Å². The lowest BCUT2D eigenvalue weighted by Crippen LogP contribution is -2.52. The lowest BCUT2D eigenvalue weighted by molar-refractivity contribution is -0.389. The van der Waals surface area contributed by atoms with E-state index in [0.717, 1.165) is 38.2 Å². The van der Waals surface area contributed by atoms with Crippen molar-refractivity contribution in [2.45, 2.75) is 24.9 Å². The first kappa shape index (κ1) is 11.4. The molecule has 1 aromatic rings. The number of hydrogen-bond acceptors (Lipinski definition) is 5. The Balaban J connectivity index is 1.67. The maximum absolute atomic E-state index is 10.5. The van der Waals surface area contributed by atoms with E-state index in [9.17, 15) is 10.1 Å². The van der Waals surface area contributed by atoms with Gasteiger partial charge in [0.05, 0.1) is 17.9 Å². The molecule has 0 atom stereocenters. The van der Waals surface area contributed by atoms with Crippen LogP contribution in [-0.2, 0) is 4.74 Å². The smallest absolute Gasteiger partial charge is 0.363 e. The predicted molar refractivity (Wildman–Crippen MR) is 65.6 cm³/mol. The molecule has 3 rings (SSSR count). The van der Waals surface area contributed by atoms with E-state index in [4.69, 9.17) is 4.74 Å². The van der Waals surface area contributed by atoms with Gasteiger partial charge in [0.25, 0.3) is 0 Å². The van der Waals surface area contributed by atoms with Crippen molar-refractivity contribution in [2.24, 2.45) is 0 Å². The number of rotatable bonds is 2. The maximum Gasteiger partial charge on any atom is 0.363 e. The highest BCUT2D eigenvalue weighted by Gasteiger charge is 2.41. The van der Waals surface area contributed by atoms with Crippen LogP contribution in [0, 0.1) is 10.1 Å². The summed E-state index contributed by atoms with van der Waals surface area (Å²) in [5, 5.41) is 10.5. The Morgan fingerprint density at radius 2 is 2.06 bits per heavy atom. The Labute approximate surface area is 105 Å². The number of nitrogens with zero attached hydrogens (tertiary/aromatic N) is 3. The Bertz CT molecular complexity index is 446. The Hall–Kier alpha value is -1.69. The molecule has 0 N–H and O–H groups in total. The highest BCUT2D eigenvalue weighted by Crippen LogP contribution is 2.37. The van der Waals surface area contributed by atoms with Gasteiger partial charge >= 0.3 is 5.82 Å². The van der Waals surface area contributed by atoms with Crippen LogP contribution in [0.4, 0.5) is 11.5 Å². The second kappa shape index (κ2) is 4.20. The molecule has 6 nitrogen and oxygen atoms in total. The first-order chi connectivity index (χ1) is 8.69. The predicted octanol–water partition coefficient (Wildman–Crippen LogP) is 1.75. The summed E-state index contributed by atoms with van der Waals surface area (Å²) in [6, 6.07) is 3.23. The second-order valence-electron chi connectivity index (χ2n) is 4.90. The number of ether oxygens (including phenoxy) is 1. The van der Waals surface area contributed by atoms with Crippen LogP contribution in [-0.4, -0.2) is 35.2 Å². The molecule has 2 aliphatic heterocycles. The quantitative estimate of drug-likeness (QED) is 0.590. The van der Waals surface area contributed by atoms with Gasteiger partial charge in [0, 0.05) is 19.2 Å². The minimum Gasteiger partial charge on any atom is -0.375 e. The molecule has 2 fully saturated rings. The van der Waals surface area contributed by atoms with Crippen molar-refractivity contribution in [3.8, 4) is 0 Å². The molecule has 0 saturated carbocycles. The minimum atomic E-state index is -0.475. The normalized spacial score (nSPS) is 21.7. The average molecular weight is 249 g/mol. The minimum absolute atomic E-state index is 0.102. The number of nitro groups is 1. The third kappa shape index (κ3) is 1.92. The largest absolute Gasteiger partial charge is 0.375 e. The summed E-state index contributed by atoms with van der Waals surface area (Å²) in [5.41, 5.74) is 1.08. The summed E-state index contributed by atoms with van der Waals surface area (Å²) < 4.78 is 5.66. The molecule has 96 valence electrons. The van der Waals surface area contributed by atoms with Gasteiger partial charge in [-0.15, -0.1) is 0 Å². The zero-order valence-electron chi connectivity index (χ0n) is 10.0. The molecule has 0 aromatic carbocycles. The fourth-order valence-electron chi connectivity index (χ4n) is 2.63. The zero-order chi connectivity index (χ0) is 12.6. The molecule has 6 heteroatoms. The lowest BCUT2D eigenvalue weighted by atomic mass is 9.84. The van der Waals surface area contributed by atoms with Crippen molar-refractivity contribution in [3.63, 3.8) is 0 Å². The van der Waals surface area contributed by atoms with Crippen LogP contribution in [0.5, 0.6) is 0 Å². The highest BCUT2D eigenvalue weighted by atomic mass is 16.6. The number of aromatic nitrogens is 1. The molecule has 0 amide bonds. The lowest BCUT2D eigenvalue weighted by Gasteiger charge is -2.47. The first-order valence-electron chi connectivity index (χ1n) is 6.18. The summed E-state index contributed by atoms with van der Waals surface area (Å²) >= 11 is 0. The summed E-state index contributed by atoms with van der Waals surface area (Å²) in [6.07, 6.45) is 4.81. The molecular formula is C12H15N3O3. The van der Waals surface area contributed by atoms with Crippen molar-refractivity contribution in [1.29, 1.82) is 0 Å². The average Bonchev–Trinajstić information content (AvgIpc) is 2.37. The van der Waals surface area contributed by atoms with E-state index in [1.54, 1.807) is 12.3 Å². The van der Waals surface area contributed by atoms with Crippen LogP contribution in [0.3, 0.4) is 0 Å². The summed E-state index contributed by atoms with van der Waals surface area (Å²) in [4.78, 5) is 16.1. The standard InChI is InChI=1S/C12H15N3O3/c16-15(17)11-2-1-10(9-13-11)14-6-3-12(4-7-14)5-8-18-12/h1-2,9H,3-8H2. The van der Waals surface area contributed by atoms with Crippen molar-refractivity contribution >= 4 is 11.5 Å². The van der Waals surface area contributed by atoms with E-state index in [1.165, 1.54) is 12.5 Å². The van der Waals surface area contributed by atoms with E-state index in [2.05, 4.69) is 9.88 Å². The SMILES string of the molecule is O=[N+]([O-])c1ccc(N2CCC3(CCO3)CC2)cn1. The fourth-order valence-corrected chi connectivity index (χ4v) is 2.63. The molecular weight excluding hydrogens is 234 g/mol. The van der Waals surface area contributed by atoms with E-state index < -0.39 is 4.92 Å². The van der Waals surface area contributed by atoms with Crippen LogP contribution in [0.1, 0.15) is 19.3 Å². The van der Waals surface area contributed by atoms with E-state index in [-0.39, 0.29) is 11.4 Å². The summed E-state index contributed by atoms with van der Waals surface area (Å²) in [5.74, 6) is -0.102. The Morgan fingerprint density at radius 3 is 2.50 bits per heavy atom. The molecule has 0 bridgehead atoms. The van der Waals surface area contributed by atoms with Crippen molar-refractivity contribution < 1.29 is 9.66 Å². The van der Waals surface area contributed by atoms with Gasteiger partial charge in [-0.25, -0.2) is 0 Å². The Morgan fingerprint density at radius 1 is 1.33 bits per heavy atom. The van der Waals surface area contributed by atoms with Gasteiger partial charge in [0.15, 0.2) is 6.20 Å². The van der Waals surface area contributed by atoms with Crippen LogP contribution >= 0.6 is 0 Å². The van der Waals surface area contributed by atoms with Crippen molar-refractivity contribution in [1.82, 2.24) is 4.98 Å². The molecule has 0 radical (unpaired) electrons. The Kier molecular flexibility index (Phi) is 2.66. The van der Waals surface area contributed by atoms with Gasteiger partial charge in [-0.2, -0.15) is 0 Å². The van der Waals surface area contributed by atoms with Crippen LogP contribution in [0.15, 0.2) is 18.3 Å². The third-order valence-corrected chi connectivity index (χ3v) is 3.93. The second-order valence-corrected chi connectivity index (χ2v) is 4.90. The van der Waals surface area contributed by atoms with E-state index >= 15 is 0 Å². The van der Waals surface area contributed by atoms with E-state index in [0.29, 0.717) is 0 Å². The highest BCUT2D eigenvalue weighted by molar-refractivity contribution is 5.47. The topological polar surface area (TPSA) is 68.5 Å². The number of hydrogen-bond donors (Lipinski definition) is 0. The number of piperidine rings is 1. The van der Waals surface area contributed by atoms with Crippen LogP contribution in [0.2, 0.25) is 0 Å². The number of anilines is 1. The molecule has 1 aromatic heterocycles. The molecule has 1 spiro atoms. The molecule has 0 unspecified atom stereocenters. The molecule has 2 aliphatic rings. The molecule has 18 heavy (non-hydrogen) atoms. The van der Waals surface area contributed by atoms with E-state index in [1.807, 2.05) is 0 Å². The molecule has 3 heterocycles. The number of pyridine rings is 1. The van der Waals surface area contributed by atoms with Crippen molar-refractivity contribution in [2.75, 3.05) is 24.6 Å². The fraction of sp³-hybridized carbons (Fsp3) is 0.583. The van der Waals surface area contributed by atoms with Gasteiger partial charge in [0.1, 0.15) is 0 Å². The summed E-state index contributed by atoms with van der Waals surface area (Å²) in [6.45, 7) is 2.75. The van der Waals surface area contributed by atoms with Gasteiger partial charge < -0.3 is 19.8 Å². The first-order valence-corrected chi connectivity index (χ1v) is 6.18. The zero-order valence-corrected chi connectivity index (χ0v) is 10.0. The monoisotopic (exact) mass is 249 g/mol. The van der Waals surface area contributed by atoms with Gasteiger partial charge in [-0.05, 0) is 35.2 Å². The third-order valence-electron chi connectivity index (χ3n) is 3.93.